The van der Waals surface area contributed by atoms with Crippen molar-refractivity contribution in [2.45, 2.75) is 78.6 Å². The molecule has 2 atom stereocenters. The molecule has 0 aliphatic rings. The molecular formula is C16H32O2Si. The summed E-state index contributed by atoms with van der Waals surface area (Å²) in [5.74, 6) is 0.551. The fourth-order valence-corrected chi connectivity index (χ4v) is 3.28. The van der Waals surface area contributed by atoms with Gasteiger partial charge in [-0.3, -0.25) is 4.79 Å². The van der Waals surface area contributed by atoms with Gasteiger partial charge in [0, 0.05) is 6.10 Å². The number of rotatable bonds is 7. The number of hydrogen-bond acceptors (Lipinski definition) is 2. The molecule has 0 spiro atoms. The van der Waals surface area contributed by atoms with E-state index in [9.17, 15) is 4.79 Å². The minimum absolute atomic E-state index is 0.262. The van der Waals surface area contributed by atoms with Crippen molar-refractivity contribution < 1.29 is 9.22 Å². The van der Waals surface area contributed by atoms with Gasteiger partial charge < -0.3 is 4.43 Å². The van der Waals surface area contributed by atoms with Crippen LogP contribution >= 0.6 is 0 Å². The van der Waals surface area contributed by atoms with Gasteiger partial charge in [0.25, 0.3) is 0 Å². The maximum absolute atomic E-state index is 10.6. The second kappa shape index (κ2) is 7.39. The lowest BCUT2D eigenvalue weighted by Crippen LogP contribution is -2.43. The number of allylic oxidation sites excluding steroid dienone is 2. The molecule has 0 aliphatic heterocycles. The normalized spacial score (nSPS) is 17.2. The van der Waals surface area contributed by atoms with E-state index >= 15 is 0 Å². The van der Waals surface area contributed by atoms with E-state index in [0.29, 0.717) is 12.0 Å². The van der Waals surface area contributed by atoms with Gasteiger partial charge in [0.15, 0.2) is 8.32 Å². The molecule has 0 aromatic rings. The van der Waals surface area contributed by atoms with Crippen molar-refractivity contribution in [2.75, 3.05) is 0 Å². The first-order valence-corrected chi connectivity index (χ1v) is 10.2. The number of carbonyl (C=O) groups is 1. The van der Waals surface area contributed by atoms with Gasteiger partial charge >= 0.3 is 0 Å². The molecule has 112 valence electrons. The Balaban J connectivity index is 4.32. The quantitative estimate of drug-likeness (QED) is 0.375. The Morgan fingerprint density at radius 1 is 1.26 bits per heavy atom. The molecule has 2 nitrogen and oxygen atoms in total. The summed E-state index contributed by atoms with van der Waals surface area (Å²) in [6, 6.07) is 0. The lowest BCUT2D eigenvalue weighted by atomic mass is 10.00. The van der Waals surface area contributed by atoms with Gasteiger partial charge in [0.2, 0.25) is 0 Å². The highest BCUT2D eigenvalue weighted by Crippen LogP contribution is 2.37. The van der Waals surface area contributed by atoms with Crippen LogP contribution in [-0.4, -0.2) is 20.7 Å². The summed E-state index contributed by atoms with van der Waals surface area (Å²) in [6.07, 6.45) is 5.24. The Kier molecular flexibility index (Phi) is 7.23. The van der Waals surface area contributed by atoms with Crippen molar-refractivity contribution in [3.05, 3.63) is 11.6 Å². The van der Waals surface area contributed by atoms with Crippen LogP contribution in [0.4, 0.5) is 0 Å². The first-order valence-electron chi connectivity index (χ1n) is 7.29. The summed E-state index contributed by atoms with van der Waals surface area (Å²) in [5, 5.41) is 0.262. The molecule has 0 aromatic carbocycles. The number of hydrogen-bond donors (Lipinski definition) is 0. The van der Waals surface area contributed by atoms with Crippen LogP contribution in [0.3, 0.4) is 0 Å². The predicted molar refractivity (Wildman–Crippen MR) is 86.0 cm³/mol. The van der Waals surface area contributed by atoms with Crippen LogP contribution in [0.5, 0.6) is 0 Å². The molecule has 0 rings (SSSR count). The Hall–Kier alpha value is -0.413. The van der Waals surface area contributed by atoms with Crippen LogP contribution in [0.25, 0.3) is 0 Å². The van der Waals surface area contributed by atoms with E-state index < -0.39 is 8.32 Å². The molecule has 19 heavy (non-hydrogen) atoms. The fourth-order valence-electron chi connectivity index (χ4n) is 1.83. The van der Waals surface area contributed by atoms with Gasteiger partial charge in [-0.2, -0.15) is 0 Å². The summed E-state index contributed by atoms with van der Waals surface area (Å²) in [4.78, 5) is 10.6. The van der Waals surface area contributed by atoms with E-state index in [1.54, 1.807) is 0 Å². The molecule has 0 bridgehead atoms. The highest BCUT2D eigenvalue weighted by Gasteiger charge is 2.38. The average Bonchev–Trinajstić information content (AvgIpc) is 2.23. The minimum atomic E-state index is -1.66. The van der Waals surface area contributed by atoms with E-state index in [0.717, 1.165) is 24.7 Å². The Morgan fingerprint density at radius 2 is 1.79 bits per heavy atom. The third-order valence-corrected chi connectivity index (χ3v) is 8.67. The third kappa shape index (κ3) is 7.07. The van der Waals surface area contributed by atoms with Crippen molar-refractivity contribution in [1.29, 1.82) is 0 Å². The maximum atomic E-state index is 10.6. The van der Waals surface area contributed by atoms with Gasteiger partial charge in [0.1, 0.15) is 6.29 Å². The fraction of sp³-hybridized carbons (Fsp3) is 0.812. The van der Waals surface area contributed by atoms with E-state index in [2.05, 4.69) is 47.7 Å². The second-order valence-corrected chi connectivity index (χ2v) is 12.1. The Morgan fingerprint density at radius 3 is 2.21 bits per heavy atom. The molecule has 0 amide bonds. The summed E-state index contributed by atoms with van der Waals surface area (Å²) in [6.45, 7) is 17.7. The van der Waals surface area contributed by atoms with E-state index in [1.165, 1.54) is 0 Å². The Labute approximate surface area is 120 Å². The average molecular weight is 285 g/mol. The summed E-state index contributed by atoms with van der Waals surface area (Å²) in [5.41, 5.74) is 0.824. The zero-order valence-electron chi connectivity index (χ0n) is 14.0. The number of carbonyl (C=O) groups excluding carboxylic acids is 1. The molecule has 0 fully saturated rings. The van der Waals surface area contributed by atoms with Crippen LogP contribution in [0, 0.1) is 5.92 Å². The SMILES string of the molecule is C/C(C=O)=C\C[C@@H](C)C[C@H](C)O[Si](C)(C)C(C)(C)C. The van der Waals surface area contributed by atoms with Crippen LogP contribution in [-0.2, 0) is 9.22 Å². The van der Waals surface area contributed by atoms with Gasteiger partial charge in [-0.1, -0.05) is 33.8 Å². The van der Waals surface area contributed by atoms with Gasteiger partial charge in [-0.15, -0.1) is 0 Å². The van der Waals surface area contributed by atoms with Crippen molar-refractivity contribution >= 4 is 14.6 Å². The molecule has 0 saturated carbocycles. The van der Waals surface area contributed by atoms with Crippen molar-refractivity contribution in [2.24, 2.45) is 5.92 Å². The molecule has 0 N–H and O–H groups in total. The second-order valence-electron chi connectivity index (χ2n) is 7.33. The first kappa shape index (κ1) is 18.6. The van der Waals surface area contributed by atoms with E-state index in [-0.39, 0.29) is 5.04 Å². The van der Waals surface area contributed by atoms with Crippen molar-refractivity contribution in [3.8, 4) is 0 Å². The van der Waals surface area contributed by atoms with Crippen LogP contribution in [0.1, 0.15) is 54.4 Å². The lowest BCUT2D eigenvalue weighted by Gasteiger charge is -2.39. The third-order valence-electron chi connectivity index (χ3n) is 4.06. The molecule has 0 aliphatic carbocycles. The molecule has 0 aromatic heterocycles. The summed E-state index contributed by atoms with van der Waals surface area (Å²) >= 11 is 0. The molecule has 0 unspecified atom stereocenters. The summed E-state index contributed by atoms with van der Waals surface area (Å²) in [7, 11) is -1.66. The monoisotopic (exact) mass is 284 g/mol. The molecule has 0 heterocycles. The van der Waals surface area contributed by atoms with Crippen molar-refractivity contribution in [1.82, 2.24) is 0 Å². The molecular weight excluding hydrogens is 252 g/mol. The smallest absolute Gasteiger partial charge is 0.192 e. The van der Waals surface area contributed by atoms with Gasteiger partial charge in [-0.25, -0.2) is 0 Å². The predicted octanol–water partition coefficient (Wildman–Crippen LogP) is 4.96. The molecule has 3 heteroatoms. The lowest BCUT2D eigenvalue weighted by molar-refractivity contribution is -0.104. The first-order chi connectivity index (χ1) is 8.49. The maximum Gasteiger partial charge on any atom is 0.192 e. The van der Waals surface area contributed by atoms with Gasteiger partial charge in [-0.05, 0) is 56.3 Å². The highest BCUT2D eigenvalue weighted by molar-refractivity contribution is 6.74. The van der Waals surface area contributed by atoms with Crippen molar-refractivity contribution in [3.63, 3.8) is 0 Å². The number of aldehydes is 1. The zero-order chi connectivity index (χ0) is 15.3. The summed E-state index contributed by atoms with van der Waals surface area (Å²) < 4.78 is 6.35. The zero-order valence-corrected chi connectivity index (χ0v) is 15.0. The molecule has 0 saturated heterocycles. The standard InChI is InChI=1S/C16H32O2Si/c1-13(9-10-14(2)12-17)11-15(3)18-19(7,8)16(4,5)6/h10,12-13,15H,9,11H2,1-8H3/b14-10+/t13-,15+/m1/s1. The van der Waals surface area contributed by atoms with Crippen LogP contribution in [0.15, 0.2) is 11.6 Å². The topological polar surface area (TPSA) is 26.3 Å². The Bertz CT molecular complexity index is 313. The van der Waals surface area contributed by atoms with E-state index in [1.807, 2.05) is 13.0 Å². The highest BCUT2D eigenvalue weighted by atomic mass is 28.4. The van der Waals surface area contributed by atoms with Crippen LogP contribution in [0.2, 0.25) is 18.1 Å². The minimum Gasteiger partial charge on any atom is -0.414 e. The van der Waals surface area contributed by atoms with Crippen LogP contribution < -0.4 is 0 Å². The van der Waals surface area contributed by atoms with Gasteiger partial charge in [0.05, 0.1) is 0 Å². The molecule has 0 radical (unpaired) electrons. The van der Waals surface area contributed by atoms with E-state index in [4.69, 9.17) is 4.43 Å². The largest absolute Gasteiger partial charge is 0.414 e.